The number of aliphatic hydroxyl groups excluding tert-OH is 12. The third-order valence-electron chi connectivity index (χ3n) is 16.3. The van der Waals surface area contributed by atoms with Crippen LogP contribution in [0.25, 0.3) is 0 Å². The highest BCUT2D eigenvalue weighted by atomic mass is 16.7. The van der Waals surface area contributed by atoms with Crippen LogP contribution in [-0.2, 0) is 38.0 Å². The molecule has 4 unspecified atom stereocenters. The zero-order valence-corrected chi connectivity index (χ0v) is 49.2. The lowest BCUT2D eigenvalue weighted by atomic mass is 9.82. The number of nitrogens with zero attached hydrogens (tertiary/aromatic N) is 1. The van der Waals surface area contributed by atoms with Gasteiger partial charge in [-0.25, -0.2) is 0 Å². The molecule has 5 aliphatic rings. The van der Waals surface area contributed by atoms with E-state index < -0.39 is 184 Å². The molecule has 5 aliphatic heterocycles. The Labute approximate surface area is 497 Å². The summed E-state index contributed by atoms with van der Waals surface area (Å²) in [6.45, 7) is 8.95. The standard InChI is InChI=1S/C60H97N3O22/c1-36-18-15-13-11-9-7-5-6-8-10-12-14-16-19-43(84-58-55(75)51(53(73)39(4)83-58)62-35-60(79)56(76)54(74)47(70)34-81-60)31-48-50(57(77)61-22-17-23-63-24-26-80-27-25-63)46(69)33-59(78,85-48)32-42(66)29-45(68)44(67)21-20-40(64)28-41(65)30-49(71)82-38(3)37(2)52(36)72/h5-16,18-19,36-48,50-56,58,62,64-70,72-76,78-79H,17,20-35H2,1-4H3,(H,61,77)/b6-5+,9-7+,10-8+,13-11+,14-12+,18-15+,19-16+/t36-,37?,38-,39+,40+,41+,42-,43-,44+,45+,46-,47+,48?,50?,51-,52+,53+,54+,55-,56-,58?,59+,60+/m0/s1. The topological polar surface area (TPSA) is 400 Å². The minimum atomic E-state index is -2.47. The first-order valence-corrected chi connectivity index (χ1v) is 29.7. The van der Waals surface area contributed by atoms with Crippen molar-refractivity contribution in [1.29, 1.82) is 0 Å². The zero-order valence-electron chi connectivity index (χ0n) is 49.2. The monoisotopic (exact) mass is 1210 g/mol. The van der Waals surface area contributed by atoms with Crippen molar-refractivity contribution in [2.24, 2.45) is 17.8 Å². The summed E-state index contributed by atoms with van der Waals surface area (Å²) in [5.74, 6) is -8.36. The van der Waals surface area contributed by atoms with E-state index in [1.807, 2.05) is 13.0 Å². The number of amides is 1. The molecule has 484 valence electrons. The third-order valence-corrected chi connectivity index (χ3v) is 16.3. The van der Waals surface area contributed by atoms with E-state index in [-0.39, 0.29) is 38.1 Å². The zero-order chi connectivity index (χ0) is 62.4. The second-order valence-electron chi connectivity index (χ2n) is 23.3. The van der Waals surface area contributed by atoms with Crippen molar-refractivity contribution in [2.45, 2.75) is 207 Å². The summed E-state index contributed by atoms with van der Waals surface area (Å²) in [6, 6.07) is -1.34. The maximum absolute atomic E-state index is 14.2. The van der Waals surface area contributed by atoms with Crippen molar-refractivity contribution < 1.29 is 110 Å². The Bertz CT molecular complexity index is 2210. The lowest BCUT2D eigenvalue weighted by Crippen LogP contribution is -2.69. The van der Waals surface area contributed by atoms with Crippen molar-refractivity contribution in [2.75, 3.05) is 52.5 Å². The smallest absolute Gasteiger partial charge is 0.308 e. The van der Waals surface area contributed by atoms with Crippen LogP contribution in [0.4, 0.5) is 0 Å². The molecule has 5 rings (SSSR count). The van der Waals surface area contributed by atoms with Gasteiger partial charge >= 0.3 is 5.97 Å². The Balaban J connectivity index is 1.42. The van der Waals surface area contributed by atoms with Gasteiger partial charge in [-0.3, -0.25) is 14.5 Å². The first-order chi connectivity index (χ1) is 40.3. The number of nitrogens with one attached hydrogen (secondary N) is 2. The molecule has 0 aromatic carbocycles. The molecule has 2 bridgehead atoms. The molecule has 25 heteroatoms. The first-order valence-electron chi connectivity index (χ1n) is 29.7. The molecule has 0 aliphatic carbocycles. The SMILES string of the molecule is CC1[C@H](C)OC(=O)C[C@H](O)C[C@H](O)CC[C@@H](O)[C@H](O)C[C@H](O)C[C@]2(O)C[C@H](O)C(C(=O)NCCCN3CCOCC3)C(C[C@@H](OC3O[C@H](C)[C@@H](O)[C@H](NC[C@@]4(O)OC[C@@H](O)[C@@H](O)[C@@H]4O)[C@@H]3O)/C=C/C=C/C=C/C=C/C=C/C=C/C=C/[C@H](C)[C@H]1O)O2. The lowest BCUT2D eigenvalue weighted by molar-refractivity contribution is -0.323. The number of carbonyl (C=O) groups excluding carboxylic acids is 2. The molecule has 5 heterocycles. The molecule has 23 atom stereocenters. The minimum absolute atomic E-state index is 0.130. The number of rotatable bonds is 10. The molecule has 1 amide bonds. The highest BCUT2D eigenvalue weighted by Crippen LogP contribution is 2.39. The van der Waals surface area contributed by atoms with Gasteiger partial charge in [0, 0.05) is 57.2 Å². The van der Waals surface area contributed by atoms with Gasteiger partial charge in [-0.2, -0.15) is 0 Å². The molecule has 0 aromatic heterocycles. The fourth-order valence-electron chi connectivity index (χ4n) is 11.0. The van der Waals surface area contributed by atoms with Crippen molar-refractivity contribution in [3.05, 3.63) is 85.1 Å². The maximum atomic E-state index is 14.2. The van der Waals surface area contributed by atoms with E-state index in [2.05, 4.69) is 15.5 Å². The van der Waals surface area contributed by atoms with Crippen LogP contribution in [0, 0.1) is 17.8 Å². The molecule has 4 saturated heterocycles. The normalized spacial score (nSPS) is 44.4. The van der Waals surface area contributed by atoms with E-state index in [0.717, 1.165) is 13.1 Å². The van der Waals surface area contributed by atoms with E-state index in [0.29, 0.717) is 26.2 Å². The number of hydrogen-bond acceptors (Lipinski definition) is 24. The van der Waals surface area contributed by atoms with E-state index >= 15 is 0 Å². The van der Waals surface area contributed by atoms with Crippen LogP contribution in [0.2, 0.25) is 0 Å². The molecule has 0 radical (unpaired) electrons. The fourth-order valence-corrected chi connectivity index (χ4v) is 11.0. The average molecular weight is 1210 g/mol. The van der Waals surface area contributed by atoms with Crippen molar-refractivity contribution in [3.63, 3.8) is 0 Å². The van der Waals surface area contributed by atoms with Gasteiger partial charge in [-0.15, -0.1) is 0 Å². The Morgan fingerprint density at radius 1 is 0.671 bits per heavy atom. The number of morpholine rings is 1. The van der Waals surface area contributed by atoms with Crippen LogP contribution in [0.5, 0.6) is 0 Å². The maximum Gasteiger partial charge on any atom is 0.308 e. The molecular weight excluding hydrogens is 1110 g/mol. The minimum Gasteiger partial charge on any atom is -0.462 e. The summed E-state index contributed by atoms with van der Waals surface area (Å²) in [7, 11) is 0. The van der Waals surface area contributed by atoms with Gasteiger partial charge in [-0.1, -0.05) is 98.9 Å². The number of hydrogen-bond donors (Lipinski definition) is 16. The highest BCUT2D eigenvalue weighted by Gasteiger charge is 2.53. The molecule has 4 fully saturated rings. The van der Waals surface area contributed by atoms with Gasteiger partial charge in [0.25, 0.3) is 0 Å². The number of cyclic esters (lactones) is 1. The summed E-state index contributed by atoms with van der Waals surface area (Å²) >= 11 is 0. The molecule has 16 N–H and O–H groups in total. The van der Waals surface area contributed by atoms with E-state index in [9.17, 15) is 81.1 Å². The van der Waals surface area contributed by atoms with E-state index in [1.165, 1.54) is 13.0 Å². The number of carbonyl (C=O) groups is 2. The van der Waals surface area contributed by atoms with E-state index in [4.69, 9.17) is 28.4 Å². The Kier molecular flexibility index (Phi) is 30.1. The Hall–Kier alpha value is -3.72. The number of allylic oxidation sites excluding steroid dienone is 12. The van der Waals surface area contributed by atoms with Crippen LogP contribution >= 0.6 is 0 Å². The summed E-state index contributed by atoms with van der Waals surface area (Å²) in [4.78, 5) is 29.2. The summed E-state index contributed by atoms with van der Waals surface area (Å²) in [6.07, 6.45) is -2.45. The van der Waals surface area contributed by atoms with Crippen molar-refractivity contribution >= 4 is 11.9 Å². The van der Waals surface area contributed by atoms with Gasteiger partial charge in [0.15, 0.2) is 12.1 Å². The Morgan fingerprint density at radius 3 is 1.94 bits per heavy atom. The highest BCUT2D eigenvalue weighted by molar-refractivity contribution is 5.80. The molecule has 25 nitrogen and oxygen atoms in total. The second-order valence-corrected chi connectivity index (χ2v) is 23.3. The second kappa shape index (κ2) is 35.5. The van der Waals surface area contributed by atoms with Gasteiger partial charge in [0.05, 0.1) is 112 Å². The van der Waals surface area contributed by atoms with Crippen LogP contribution in [0.15, 0.2) is 85.1 Å². The molecule has 85 heavy (non-hydrogen) atoms. The predicted molar refractivity (Wildman–Crippen MR) is 307 cm³/mol. The molecule has 0 spiro atoms. The summed E-state index contributed by atoms with van der Waals surface area (Å²) in [5, 5.41) is 160. The number of aliphatic hydroxyl groups is 14. The third kappa shape index (κ3) is 23.0. The summed E-state index contributed by atoms with van der Waals surface area (Å²) in [5.41, 5.74) is 0. The van der Waals surface area contributed by atoms with E-state index in [1.54, 1.807) is 86.8 Å². The van der Waals surface area contributed by atoms with Crippen LogP contribution in [0.1, 0.15) is 85.5 Å². The van der Waals surface area contributed by atoms with Crippen LogP contribution in [-0.4, -0.2) is 262 Å². The average Bonchev–Trinajstić information content (AvgIpc) is 3.49. The number of ether oxygens (including phenoxy) is 6. The molecular formula is C60H97N3O22. The number of esters is 1. The predicted octanol–water partition coefficient (Wildman–Crippen LogP) is -2.10. The number of fused-ring (bicyclic) bond motifs is 2. The van der Waals surface area contributed by atoms with Crippen LogP contribution < -0.4 is 10.6 Å². The lowest BCUT2D eigenvalue weighted by Gasteiger charge is -2.47. The summed E-state index contributed by atoms with van der Waals surface area (Å²) < 4.78 is 35.0. The Morgan fingerprint density at radius 2 is 1.29 bits per heavy atom. The van der Waals surface area contributed by atoms with Gasteiger partial charge in [0.1, 0.15) is 30.5 Å². The quantitative estimate of drug-likeness (QED) is 0.0823. The van der Waals surface area contributed by atoms with Crippen molar-refractivity contribution in [1.82, 2.24) is 15.5 Å². The van der Waals surface area contributed by atoms with Crippen LogP contribution in [0.3, 0.4) is 0 Å². The van der Waals surface area contributed by atoms with Gasteiger partial charge in [-0.05, 0) is 46.1 Å². The molecule has 0 saturated carbocycles. The van der Waals surface area contributed by atoms with Gasteiger partial charge in [0.2, 0.25) is 11.7 Å². The van der Waals surface area contributed by atoms with Gasteiger partial charge < -0.3 is 111 Å². The first kappa shape index (κ1) is 72.0. The fraction of sp³-hybridized carbons (Fsp3) is 0.733. The molecule has 0 aromatic rings. The largest absolute Gasteiger partial charge is 0.462 e. The van der Waals surface area contributed by atoms with Crippen molar-refractivity contribution in [3.8, 4) is 0 Å².